The Morgan fingerprint density at radius 2 is 2.28 bits per heavy atom. The quantitative estimate of drug-likeness (QED) is 0.764. The minimum atomic E-state index is -0.222. The van der Waals surface area contributed by atoms with Gasteiger partial charge in [0, 0.05) is 6.54 Å². The predicted molar refractivity (Wildman–Crippen MR) is 69.4 cm³/mol. The average Bonchev–Trinajstić information content (AvgIpc) is 2.38. The van der Waals surface area contributed by atoms with Gasteiger partial charge in [0.05, 0.1) is 25.8 Å². The van der Waals surface area contributed by atoms with Crippen LogP contribution in [0.15, 0.2) is 23.2 Å². The van der Waals surface area contributed by atoms with Gasteiger partial charge in [-0.2, -0.15) is 0 Å². The van der Waals surface area contributed by atoms with Crippen LogP contribution >= 0.6 is 0 Å². The van der Waals surface area contributed by atoms with E-state index in [2.05, 4.69) is 4.99 Å². The molecule has 1 aromatic carbocycles. The second-order valence-electron chi connectivity index (χ2n) is 4.08. The van der Waals surface area contributed by atoms with Crippen molar-refractivity contribution in [2.24, 2.45) is 4.99 Å². The summed E-state index contributed by atoms with van der Waals surface area (Å²) < 4.78 is 10.2. The summed E-state index contributed by atoms with van der Waals surface area (Å²) >= 11 is 0. The van der Waals surface area contributed by atoms with Gasteiger partial charge < -0.3 is 9.47 Å². The SMILES string of the molecule is CCOC(=O)CC1=NCCc2cc(OC)ccc21. The summed E-state index contributed by atoms with van der Waals surface area (Å²) in [6.07, 6.45) is 1.13. The molecule has 96 valence electrons. The molecule has 0 aliphatic carbocycles. The van der Waals surface area contributed by atoms with Crippen molar-refractivity contribution in [1.82, 2.24) is 0 Å². The van der Waals surface area contributed by atoms with E-state index in [1.807, 2.05) is 18.2 Å². The first-order chi connectivity index (χ1) is 8.74. The van der Waals surface area contributed by atoms with Crippen LogP contribution in [-0.2, 0) is 16.0 Å². The number of aliphatic imine (C=N–C) groups is 1. The minimum Gasteiger partial charge on any atom is -0.497 e. The predicted octanol–water partition coefficient (Wildman–Crippen LogP) is 1.99. The molecule has 0 amide bonds. The summed E-state index contributed by atoms with van der Waals surface area (Å²) in [4.78, 5) is 15.9. The number of hydrogen-bond acceptors (Lipinski definition) is 4. The van der Waals surface area contributed by atoms with Gasteiger partial charge in [0.25, 0.3) is 0 Å². The van der Waals surface area contributed by atoms with Crippen molar-refractivity contribution in [3.8, 4) is 5.75 Å². The van der Waals surface area contributed by atoms with Crippen molar-refractivity contribution in [2.75, 3.05) is 20.3 Å². The molecule has 1 aliphatic heterocycles. The fourth-order valence-corrected chi connectivity index (χ4v) is 2.08. The van der Waals surface area contributed by atoms with Crippen LogP contribution in [-0.4, -0.2) is 31.9 Å². The highest BCUT2D eigenvalue weighted by Gasteiger charge is 2.17. The zero-order chi connectivity index (χ0) is 13.0. The van der Waals surface area contributed by atoms with Crippen LogP contribution < -0.4 is 4.74 Å². The number of benzene rings is 1. The maximum absolute atomic E-state index is 11.5. The second kappa shape index (κ2) is 5.67. The second-order valence-corrected chi connectivity index (χ2v) is 4.08. The van der Waals surface area contributed by atoms with Crippen molar-refractivity contribution in [3.63, 3.8) is 0 Å². The molecule has 1 aliphatic rings. The maximum atomic E-state index is 11.5. The maximum Gasteiger partial charge on any atom is 0.311 e. The van der Waals surface area contributed by atoms with Crippen molar-refractivity contribution < 1.29 is 14.3 Å². The van der Waals surface area contributed by atoms with Crippen LogP contribution in [0, 0.1) is 0 Å². The van der Waals surface area contributed by atoms with Gasteiger partial charge >= 0.3 is 5.97 Å². The van der Waals surface area contributed by atoms with Gasteiger partial charge in [0.15, 0.2) is 0 Å². The summed E-state index contributed by atoms with van der Waals surface area (Å²) in [5.74, 6) is 0.617. The van der Waals surface area contributed by atoms with E-state index in [-0.39, 0.29) is 12.4 Å². The van der Waals surface area contributed by atoms with Gasteiger partial charge in [0.2, 0.25) is 0 Å². The lowest BCUT2D eigenvalue weighted by Gasteiger charge is -2.17. The van der Waals surface area contributed by atoms with E-state index in [9.17, 15) is 4.79 Å². The van der Waals surface area contributed by atoms with E-state index in [1.54, 1.807) is 14.0 Å². The Morgan fingerprint density at radius 3 is 3.00 bits per heavy atom. The van der Waals surface area contributed by atoms with E-state index < -0.39 is 0 Å². The molecule has 0 atom stereocenters. The standard InChI is InChI=1S/C14H17NO3/c1-3-18-14(16)9-13-12-5-4-11(17-2)8-10(12)6-7-15-13/h4-5,8H,3,6-7,9H2,1-2H3. The van der Waals surface area contributed by atoms with Crippen LogP contribution in [0.2, 0.25) is 0 Å². The van der Waals surface area contributed by atoms with E-state index in [0.29, 0.717) is 6.61 Å². The molecule has 0 spiro atoms. The normalized spacial score (nSPS) is 13.6. The molecule has 0 unspecified atom stereocenters. The number of methoxy groups -OCH3 is 1. The van der Waals surface area contributed by atoms with Crippen molar-refractivity contribution in [3.05, 3.63) is 29.3 Å². The fourth-order valence-electron chi connectivity index (χ4n) is 2.08. The van der Waals surface area contributed by atoms with Crippen molar-refractivity contribution in [2.45, 2.75) is 19.8 Å². The van der Waals surface area contributed by atoms with Gasteiger partial charge in [-0.05, 0) is 42.7 Å². The Morgan fingerprint density at radius 1 is 1.44 bits per heavy atom. The highest BCUT2D eigenvalue weighted by molar-refractivity contribution is 6.10. The van der Waals surface area contributed by atoms with Crippen LogP contribution in [0.1, 0.15) is 24.5 Å². The Balaban J connectivity index is 2.20. The Hall–Kier alpha value is -1.84. The van der Waals surface area contributed by atoms with Gasteiger partial charge in [-0.25, -0.2) is 0 Å². The lowest BCUT2D eigenvalue weighted by molar-refractivity contribution is -0.141. The molecule has 1 aromatic rings. The van der Waals surface area contributed by atoms with E-state index >= 15 is 0 Å². The highest BCUT2D eigenvalue weighted by Crippen LogP contribution is 2.23. The van der Waals surface area contributed by atoms with E-state index in [1.165, 1.54) is 5.56 Å². The third kappa shape index (κ3) is 2.70. The molecular weight excluding hydrogens is 230 g/mol. The molecule has 0 aromatic heterocycles. The van der Waals surface area contributed by atoms with Crippen LogP contribution in [0.4, 0.5) is 0 Å². The molecule has 0 saturated heterocycles. The summed E-state index contributed by atoms with van der Waals surface area (Å²) in [5, 5.41) is 0. The van der Waals surface area contributed by atoms with Gasteiger partial charge in [-0.15, -0.1) is 0 Å². The third-order valence-corrected chi connectivity index (χ3v) is 2.92. The number of rotatable bonds is 4. The van der Waals surface area contributed by atoms with Crippen LogP contribution in [0.25, 0.3) is 0 Å². The van der Waals surface area contributed by atoms with Crippen molar-refractivity contribution >= 4 is 11.7 Å². The third-order valence-electron chi connectivity index (χ3n) is 2.92. The molecular formula is C14H17NO3. The monoisotopic (exact) mass is 247 g/mol. The summed E-state index contributed by atoms with van der Waals surface area (Å²) in [7, 11) is 1.65. The Kier molecular flexibility index (Phi) is 3.97. The topological polar surface area (TPSA) is 47.9 Å². The number of carbonyl (C=O) groups excluding carboxylic acids is 1. The molecule has 0 bridgehead atoms. The summed E-state index contributed by atoms with van der Waals surface area (Å²) in [6, 6.07) is 5.87. The van der Waals surface area contributed by atoms with E-state index in [4.69, 9.17) is 9.47 Å². The molecule has 0 saturated carbocycles. The molecule has 0 N–H and O–H groups in total. The zero-order valence-corrected chi connectivity index (χ0v) is 10.7. The molecule has 0 fully saturated rings. The minimum absolute atomic E-state index is 0.222. The van der Waals surface area contributed by atoms with Gasteiger partial charge in [0.1, 0.15) is 5.75 Å². The Labute approximate surface area is 107 Å². The van der Waals surface area contributed by atoms with Gasteiger partial charge in [-0.1, -0.05) is 0 Å². The number of carbonyl (C=O) groups is 1. The smallest absolute Gasteiger partial charge is 0.311 e. The summed E-state index contributed by atoms with van der Waals surface area (Å²) in [6.45, 7) is 2.93. The lowest BCUT2D eigenvalue weighted by Crippen LogP contribution is -2.18. The van der Waals surface area contributed by atoms with Crippen molar-refractivity contribution in [1.29, 1.82) is 0 Å². The first-order valence-corrected chi connectivity index (χ1v) is 6.10. The fraction of sp³-hybridized carbons (Fsp3) is 0.429. The first-order valence-electron chi connectivity index (χ1n) is 6.10. The molecule has 4 nitrogen and oxygen atoms in total. The van der Waals surface area contributed by atoms with E-state index in [0.717, 1.165) is 30.0 Å². The Bertz CT molecular complexity index is 480. The molecule has 18 heavy (non-hydrogen) atoms. The number of esters is 1. The number of fused-ring (bicyclic) bond motifs is 1. The molecule has 1 heterocycles. The van der Waals surface area contributed by atoms with Crippen LogP contribution in [0.3, 0.4) is 0 Å². The van der Waals surface area contributed by atoms with Crippen LogP contribution in [0.5, 0.6) is 5.75 Å². The van der Waals surface area contributed by atoms with Gasteiger partial charge in [-0.3, -0.25) is 9.79 Å². The number of ether oxygens (including phenoxy) is 2. The molecule has 2 rings (SSSR count). The number of nitrogens with zero attached hydrogens (tertiary/aromatic N) is 1. The highest BCUT2D eigenvalue weighted by atomic mass is 16.5. The first kappa shape index (κ1) is 12.6. The summed E-state index contributed by atoms with van der Waals surface area (Å²) in [5.41, 5.74) is 3.04. The average molecular weight is 247 g/mol. The number of hydrogen-bond donors (Lipinski definition) is 0. The zero-order valence-electron chi connectivity index (χ0n) is 10.7. The largest absolute Gasteiger partial charge is 0.497 e. The molecule has 4 heteroatoms. The molecule has 0 radical (unpaired) electrons. The lowest BCUT2D eigenvalue weighted by atomic mass is 9.95.